The largest absolute Gasteiger partial charge is 0.490 e. The van der Waals surface area contributed by atoms with E-state index in [4.69, 9.17) is 9.47 Å². The molecule has 124 valence electrons. The molecular weight excluding hydrogens is 278 g/mol. The first kappa shape index (κ1) is 18.5. The van der Waals surface area contributed by atoms with Gasteiger partial charge in [-0.3, -0.25) is 4.79 Å². The highest BCUT2D eigenvalue weighted by molar-refractivity contribution is 5.96. The summed E-state index contributed by atoms with van der Waals surface area (Å²) in [7, 11) is 0. The molecule has 0 aromatic heterocycles. The lowest BCUT2D eigenvalue weighted by atomic mass is 10.1. The highest BCUT2D eigenvalue weighted by Crippen LogP contribution is 2.24. The minimum absolute atomic E-state index is 0.143. The molecule has 0 heterocycles. The van der Waals surface area contributed by atoms with E-state index in [1.165, 1.54) is 0 Å². The van der Waals surface area contributed by atoms with Gasteiger partial charge >= 0.3 is 0 Å². The van der Waals surface area contributed by atoms with Crippen molar-refractivity contribution >= 4 is 11.6 Å². The molecule has 0 bridgehead atoms. The molecule has 1 N–H and O–H groups in total. The Morgan fingerprint density at radius 3 is 2.55 bits per heavy atom. The van der Waals surface area contributed by atoms with Gasteiger partial charge in [0.15, 0.2) is 0 Å². The molecule has 1 aromatic carbocycles. The first-order valence-corrected chi connectivity index (χ1v) is 8.02. The van der Waals surface area contributed by atoms with Gasteiger partial charge in [-0.2, -0.15) is 0 Å². The molecule has 0 aliphatic heterocycles. The zero-order valence-electron chi connectivity index (χ0n) is 14.7. The second kappa shape index (κ2) is 8.18. The van der Waals surface area contributed by atoms with E-state index in [-0.39, 0.29) is 12.0 Å². The smallest absolute Gasteiger partial charge is 0.256 e. The summed E-state index contributed by atoms with van der Waals surface area (Å²) in [5.41, 5.74) is 0.924. The molecule has 0 spiro atoms. The second-order valence-corrected chi connectivity index (χ2v) is 6.13. The summed E-state index contributed by atoms with van der Waals surface area (Å²) in [6.07, 6.45) is 2.03. The Morgan fingerprint density at radius 1 is 1.32 bits per heavy atom. The van der Waals surface area contributed by atoms with Crippen LogP contribution < -0.4 is 10.1 Å². The molecule has 0 saturated carbocycles. The Labute approximate surface area is 134 Å². The predicted octanol–water partition coefficient (Wildman–Crippen LogP) is 4.32. The number of carbonyl (C=O) groups is 1. The van der Waals surface area contributed by atoms with Crippen LogP contribution in [0.25, 0.3) is 0 Å². The maximum absolute atomic E-state index is 12.3. The van der Waals surface area contributed by atoms with Gasteiger partial charge in [-0.1, -0.05) is 13.8 Å². The standard InChI is InChI=1S/C18H29NO3/c1-7-11-21-18(5,6)17(20)19-15-9-10-16(13(3)12-15)22-14(4)8-2/h9-10,12,14H,7-8,11H2,1-6H3,(H,19,20)/t14-/m0/s1. The van der Waals surface area contributed by atoms with Crippen molar-refractivity contribution in [3.8, 4) is 5.75 Å². The first-order valence-electron chi connectivity index (χ1n) is 8.02. The molecule has 0 fully saturated rings. The minimum Gasteiger partial charge on any atom is -0.490 e. The van der Waals surface area contributed by atoms with Gasteiger partial charge in [0.25, 0.3) is 5.91 Å². The molecule has 4 heteroatoms. The second-order valence-electron chi connectivity index (χ2n) is 6.13. The molecule has 4 nitrogen and oxygen atoms in total. The summed E-state index contributed by atoms with van der Waals surface area (Å²) < 4.78 is 11.4. The quantitative estimate of drug-likeness (QED) is 0.778. The molecule has 22 heavy (non-hydrogen) atoms. The molecule has 1 atom stereocenters. The first-order chi connectivity index (χ1) is 10.3. The Kier molecular flexibility index (Phi) is 6.88. The van der Waals surface area contributed by atoms with Gasteiger partial charge in [0.05, 0.1) is 6.10 Å². The topological polar surface area (TPSA) is 47.6 Å². The maximum Gasteiger partial charge on any atom is 0.256 e. The molecule has 0 aliphatic carbocycles. The fourth-order valence-electron chi connectivity index (χ4n) is 1.86. The molecular formula is C18H29NO3. The van der Waals surface area contributed by atoms with Crippen molar-refractivity contribution in [2.45, 2.75) is 66.1 Å². The van der Waals surface area contributed by atoms with Gasteiger partial charge < -0.3 is 14.8 Å². The van der Waals surface area contributed by atoms with Crippen molar-refractivity contribution in [2.75, 3.05) is 11.9 Å². The highest BCUT2D eigenvalue weighted by Gasteiger charge is 2.28. The van der Waals surface area contributed by atoms with Crippen LogP contribution in [-0.2, 0) is 9.53 Å². The number of aryl methyl sites for hydroxylation is 1. The molecule has 0 aliphatic rings. The normalized spacial score (nSPS) is 12.8. The van der Waals surface area contributed by atoms with Gasteiger partial charge in [0.1, 0.15) is 11.4 Å². The lowest BCUT2D eigenvalue weighted by molar-refractivity contribution is -0.137. The third-order valence-corrected chi connectivity index (χ3v) is 3.55. The van der Waals surface area contributed by atoms with E-state index in [1.807, 2.05) is 39.0 Å². The Morgan fingerprint density at radius 2 is 2.00 bits per heavy atom. The van der Waals surface area contributed by atoms with E-state index >= 15 is 0 Å². The van der Waals surface area contributed by atoms with Gasteiger partial charge in [-0.05, 0) is 64.3 Å². The number of benzene rings is 1. The number of nitrogens with one attached hydrogen (secondary N) is 1. The summed E-state index contributed by atoms with van der Waals surface area (Å²) >= 11 is 0. The van der Waals surface area contributed by atoms with Crippen molar-refractivity contribution < 1.29 is 14.3 Å². The molecule has 0 radical (unpaired) electrons. The Hall–Kier alpha value is -1.55. The van der Waals surface area contributed by atoms with Gasteiger partial charge in [0.2, 0.25) is 0 Å². The van der Waals surface area contributed by atoms with Crippen LogP contribution in [0.15, 0.2) is 18.2 Å². The van der Waals surface area contributed by atoms with Crippen molar-refractivity contribution in [1.29, 1.82) is 0 Å². The zero-order valence-corrected chi connectivity index (χ0v) is 14.7. The number of hydrogen-bond donors (Lipinski definition) is 1. The van der Waals surface area contributed by atoms with Gasteiger partial charge in [-0.25, -0.2) is 0 Å². The van der Waals surface area contributed by atoms with E-state index in [2.05, 4.69) is 12.2 Å². The van der Waals surface area contributed by atoms with Crippen LogP contribution in [0, 0.1) is 6.92 Å². The number of ether oxygens (including phenoxy) is 2. The molecule has 1 aromatic rings. The lowest BCUT2D eigenvalue weighted by Gasteiger charge is -2.24. The Bertz CT molecular complexity index is 497. The van der Waals surface area contributed by atoms with Crippen LogP contribution >= 0.6 is 0 Å². The average molecular weight is 307 g/mol. The number of amides is 1. The summed E-state index contributed by atoms with van der Waals surface area (Å²) in [6.45, 7) is 12.3. The molecule has 0 unspecified atom stereocenters. The molecule has 1 rings (SSSR count). The molecule has 0 saturated heterocycles. The predicted molar refractivity (Wildman–Crippen MR) is 90.5 cm³/mol. The number of anilines is 1. The van der Waals surface area contributed by atoms with E-state index in [0.29, 0.717) is 6.61 Å². The van der Waals surface area contributed by atoms with Gasteiger partial charge in [0, 0.05) is 12.3 Å². The monoisotopic (exact) mass is 307 g/mol. The maximum atomic E-state index is 12.3. The third kappa shape index (κ3) is 5.34. The molecule has 1 amide bonds. The minimum atomic E-state index is -0.837. The zero-order chi connectivity index (χ0) is 16.8. The van der Waals surface area contributed by atoms with Crippen LogP contribution in [-0.4, -0.2) is 24.2 Å². The SMILES string of the molecule is CCCOC(C)(C)C(=O)Nc1ccc(O[C@@H](C)CC)c(C)c1. The number of hydrogen-bond acceptors (Lipinski definition) is 3. The van der Waals surface area contributed by atoms with Crippen molar-refractivity contribution in [1.82, 2.24) is 0 Å². The van der Waals surface area contributed by atoms with Crippen LogP contribution in [0.2, 0.25) is 0 Å². The summed E-state index contributed by atoms with van der Waals surface area (Å²) in [4.78, 5) is 12.3. The van der Waals surface area contributed by atoms with Crippen LogP contribution in [0.4, 0.5) is 5.69 Å². The van der Waals surface area contributed by atoms with Crippen LogP contribution in [0.1, 0.15) is 53.0 Å². The lowest BCUT2D eigenvalue weighted by Crippen LogP contribution is -2.40. The van der Waals surface area contributed by atoms with Crippen molar-refractivity contribution in [3.05, 3.63) is 23.8 Å². The van der Waals surface area contributed by atoms with E-state index in [1.54, 1.807) is 13.8 Å². The summed E-state index contributed by atoms with van der Waals surface area (Å²) in [6, 6.07) is 5.68. The third-order valence-electron chi connectivity index (χ3n) is 3.55. The fraction of sp³-hybridized carbons (Fsp3) is 0.611. The number of carbonyl (C=O) groups excluding carboxylic acids is 1. The highest BCUT2D eigenvalue weighted by atomic mass is 16.5. The van der Waals surface area contributed by atoms with Crippen LogP contribution in [0.5, 0.6) is 5.75 Å². The van der Waals surface area contributed by atoms with Crippen LogP contribution in [0.3, 0.4) is 0 Å². The summed E-state index contributed by atoms with van der Waals surface area (Å²) in [5, 5.41) is 2.91. The van der Waals surface area contributed by atoms with E-state index in [9.17, 15) is 4.79 Å². The van der Waals surface area contributed by atoms with Crippen molar-refractivity contribution in [2.24, 2.45) is 0 Å². The fourth-order valence-corrected chi connectivity index (χ4v) is 1.86. The summed E-state index contributed by atoms with van der Waals surface area (Å²) in [5.74, 6) is 0.713. The number of rotatable bonds is 8. The van der Waals surface area contributed by atoms with Crippen molar-refractivity contribution in [3.63, 3.8) is 0 Å². The van der Waals surface area contributed by atoms with Gasteiger partial charge in [-0.15, -0.1) is 0 Å². The Balaban J connectivity index is 2.74. The average Bonchev–Trinajstić information content (AvgIpc) is 2.47. The van der Waals surface area contributed by atoms with E-state index < -0.39 is 5.60 Å². The van der Waals surface area contributed by atoms with E-state index in [0.717, 1.165) is 29.8 Å².